The van der Waals surface area contributed by atoms with Gasteiger partial charge in [0.2, 0.25) is 0 Å². The van der Waals surface area contributed by atoms with Gasteiger partial charge in [-0.05, 0) is 50.7 Å². The van der Waals surface area contributed by atoms with Gasteiger partial charge >= 0.3 is 6.18 Å². The Hall–Kier alpha value is -0.350. The maximum Gasteiger partial charge on any atom is 0.427 e. The van der Waals surface area contributed by atoms with Gasteiger partial charge in [0, 0.05) is 9.13 Å². The minimum atomic E-state index is -4.36. The van der Waals surface area contributed by atoms with Crippen molar-refractivity contribution in [1.82, 2.24) is 4.98 Å². The second-order valence-electron chi connectivity index (χ2n) is 3.49. The largest absolute Gasteiger partial charge is 0.496 e. The maximum atomic E-state index is 12.6. The van der Waals surface area contributed by atoms with Crippen LogP contribution in [0.2, 0.25) is 0 Å². The molecule has 0 radical (unpaired) electrons. The topological polar surface area (TPSA) is 22.1 Å². The molecule has 0 unspecified atom stereocenters. The summed E-state index contributed by atoms with van der Waals surface area (Å²) in [6.45, 7) is 0. The van der Waals surface area contributed by atoms with Crippen LogP contribution in [0.1, 0.15) is 4.88 Å². The number of halogens is 5. The Morgan fingerprint density at radius 2 is 2.05 bits per heavy atom. The van der Waals surface area contributed by atoms with E-state index in [9.17, 15) is 13.2 Å². The third kappa shape index (κ3) is 3.22. The van der Waals surface area contributed by atoms with Crippen LogP contribution in [0, 0.1) is 3.57 Å². The van der Waals surface area contributed by atoms with Crippen LogP contribution in [0.15, 0.2) is 22.8 Å². The van der Waals surface area contributed by atoms with E-state index in [-0.39, 0.29) is 0 Å². The van der Waals surface area contributed by atoms with E-state index >= 15 is 0 Å². The zero-order valence-corrected chi connectivity index (χ0v) is 13.9. The summed E-state index contributed by atoms with van der Waals surface area (Å²) in [6.07, 6.45) is -3.51. The van der Waals surface area contributed by atoms with Crippen molar-refractivity contribution in [3.05, 3.63) is 31.2 Å². The van der Waals surface area contributed by atoms with Gasteiger partial charge in [0.05, 0.1) is 17.8 Å². The lowest BCUT2D eigenvalue weighted by molar-refractivity contribution is -0.134. The smallest absolute Gasteiger partial charge is 0.427 e. The van der Waals surface area contributed by atoms with Gasteiger partial charge in [-0.3, -0.25) is 0 Å². The van der Waals surface area contributed by atoms with Crippen LogP contribution < -0.4 is 4.74 Å². The number of ether oxygens (including phenoxy) is 1. The Balaban J connectivity index is 2.50. The molecule has 0 saturated carbocycles. The lowest BCUT2D eigenvalue weighted by Gasteiger charge is -2.07. The molecule has 0 saturated heterocycles. The highest BCUT2D eigenvalue weighted by Crippen LogP contribution is 2.40. The lowest BCUT2D eigenvalue weighted by Crippen LogP contribution is -2.00. The predicted octanol–water partition coefficient (Wildman–Crippen LogP) is 5.20. The van der Waals surface area contributed by atoms with Crippen molar-refractivity contribution in [3.8, 4) is 16.3 Å². The van der Waals surface area contributed by atoms with E-state index < -0.39 is 11.1 Å². The molecule has 0 spiro atoms. The van der Waals surface area contributed by atoms with Crippen LogP contribution in [0.25, 0.3) is 10.6 Å². The second kappa shape index (κ2) is 5.57. The van der Waals surface area contributed by atoms with E-state index in [0.717, 1.165) is 14.2 Å². The first-order valence-electron chi connectivity index (χ1n) is 4.89. The standard InChI is InChI=1S/C11H6BrF3INOS/c1-18-8-2-5(7(16)3-6(8)12)10-17-4-9(19-10)11(13,14)15/h2-4H,1H3. The van der Waals surface area contributed by atoms with E-state index in [2.05, 4.69) is 43.5 Å². The maximum absolute atomic E-state index is 12.6. The van der Waals surface area contributed by atoms with E-state index in [1.165, 1.54) is 7.11 Å². The first-order chi connectivity index (χ1) is 8.82. The molecule has 102 valence electrons. The molecule has 1 aromatic heterocycles. The summed E-state index contributed by atoms with van der Waals surface area (Å²) < 4.78 is 44.4. The molecule has 0 amide bonds. The zero-order chi connectivity index (χ0) is 14.2. The number of alkyl halides is 3. The van der Waals surface area contributed by atoms with Gasteiger partial charge in [0.1, 0.15) is 15.6 Å². The molecule has 1 aromatic carbocycles. The molecule has 19 heavy (non-hydrogen) atoms. The molecule has 0 bridgehead atoms. The molecule has 1 heterocycles. The Morgan fingerprint density at radius 1 is 1.37 bits per heavy atom. The van der Waals surface area contributed by atoms with Gasteiger partial charge in [-0.15, -0.1) is 11.3 Å². The average molecular weight is 464 g/mol. The minimum absolute atomic E-state index is 0.322. The summed E-state index contributed by atoms with van der Waals surface area (Å²) >= 11 is 6.00. The Labute approximate surface area is 133 Å². The van der Waals surface area contributed by atoms with Gasteiger partial charge in [-0.2, -0.15) is 13.2 Å². The quantitative estimate of drug-likeness (QED) is 0.571. The highest BCUT2D eigenvalue weighted by atomic mass is 127. The first-order valence-corrected chi connectivity index (χ1v) is 7.58. The van der Waals surface area contributed by atoms with Crippen molar-refractivity contribution >= 4 is 49.9 Å². The molecular formula is C11H6BrF3INOS. The fourth-order valence-corrected chi connectivity index (χ4v) is 4.03. The summed E-state index contributed by atoms with van der Waals surface area (Å²) in [5.74, 6) is 0.555. The third-order valence-electron chi connectivity index (χ3n) is 2.26. The summed E-state index contributed by atoms with van der Waals surface area (Å²) in [5.41, 5.74) is 0.626. The van der Waals surface area contributed by atoms with E-state index in [4.69, 9.17) is 4.74 Å². The average Bonchev–Trinajstić information content (AvgIpc) is 2.78. The van der Waals surface area contributed by atoms with Gasteiger partial charge < -0.3 is 4.74 Å². The van der Waals surface area contributed by atoms with Crippen LogP contribution in [0.5, 0.6) is 5.75 Å². The Bertz CT molecular complexity index is 614. The normalized spacial score (nSPS) is 11.7. The molecule has 0 fully saturated rings. The number of hydrogen-bond donors (Lipinski definition) is 0. The number of aromatic nitrogens is 1. The number of thiazole rings is 1. The van der Waals surface area contributed by atoms with Crippen molar-refractivity contribution in [2.24, 2.45) is 0 Å². The van der Waals surface area contributed by atoms with E-state index in [0.29, 0.717) is 27.7 Å². The van der Waals surface area contributed by atoms with Gasteiger partial charge in [-0.1, -0.05) is 0 Å². The summed E-state index contributed by atoms with van der Waals surface area (Å²) in [5, 5.41) is 0.322. The fourth-order valence-electron chi connectivity index (χ4n) is 1.38. The third-order valence-corrected chi connectivity index (χ3v) is 4.84. The van der Waals surface area contributed by atoms with Gasteiger partial charge in [-0.25, -0.2) is 4.98 Å². The van der Waals surface area contributed by atoms with Crippen LogP contribution in [-0.4, -0.2) is 12.1 Å². The number of nitrogens with zero attached hydrogens (tertiary/aromatic N) is 1. The van der Waals surface area contributed by atoms with E-state index in [1.807, 2.05) is 0 Å². The highest BCUT2D eigenvalue weighted by Gasteiger charge is 2.33. The summed E-state index contributed by atoms with van der Waals surface area (Å²) in [6, 6.07) is 3.45. The zero-order valence-electron chi connectivity index (χ0n) is 9.39. The molecule has 8 heteroatoms. The van der Waals surface area contributed by atoms with Crippen LogP contribution in [0.4, 0.5) is 13.2 Å². The molecule has 2 rings (SSSR count). The number of hydrogen-bond acceptors (Lipinski definition) is 3. The fraction of sp³-hybridized carbons (Fsp3) is 0.182. The van der Waals surface area contributed by atoms with Crippen LogP contribution in [-0.2, 0) is 6.18 Å². The molecule has 2 aromatic rings. The predicted molar refractivity (Wildman–Crippen MR) is 79.5 cm³/mol. The minimum Gasteiger partial charge on any atom is -0.496 e. The molecule has 0 aliphatic rings. The lowest BCUT2D eigenvalue weighted by atomic mass is 10.2. The summed E-state index contributed by atoms with van der Waals surface area (Å²) in [4.78, 5) is 3.13. The molecule has 0 N–H and O–H groups in total. The monoisotopic (exact) mass is 463 g/mol. The Morgan fingerprint density at radius 3 is 2.58 bits per heavy atom. The van der Waals surface area contributed by atoms with Crippen molar-refractivity contribution in [1.29, 1.82) is 0 Å². The number of rotatable bonds is 2. The SMILES string of the molecule is COc1cc(-c2ncc(C(F)(F)F)s2)c(I)cc1Br. The number of benzene rings is 1. The van der Waals surface area contributed by atoms with Gasteiger partial charge in [0.15, 0.2) is 0 Å². The van der Waals surface area contributed by atoms with Crippen molar-refractivity contribution in [2.75, 3.05) is 7.11 Å². The van der Waals surface area contributed by atoms with Crippen molar-refractivity contribution in [2.45, 2.75) is 6.18 Å². The molecule has 0 atom stereocenters. The molecule has 2 nitrogen and oxygen atoms in total. The van der Waals surface area contributed by atoms with Gasteiger partial charge in [0.25, 0.3) is 0 Å². The number of methoxy groups -OCH3 is 1. The van der Waals surface area contributed by atoms with Crippen LogP contribution in [0.3, 0.4) is 0 Å². The highest BCUT2D eigenvalue weighted by molar-refractivity contribution is 14.1. The van der Waals surface area contributed by atoms with Crippen LogP contribution >= 0.6 is 49.9 Å². The van der Waals surface area contributed by atoms with E-state index in [1.54, 1.807) is 12.1 Å². The second-order valence-corrected chi connectivity index (χ2v) is 6.54. The molecule has 0 aliphatic heterocycles. The van der Waals surface area contributed by atoms with Crippen molar-refractivity contribution < 1.29 is 17.9 Å². The Kier molecular flexibility index (Phi) is 4.41. The summed E-state index contributed by atoms with van der Waals surface area (Å²) in [7, 11) is 1.50. The first kappa shape index (κ1) is 15.0. The van der Waals surface area contributed by atoms with Crippen molar-refractivity contribution in [3.63, 3.8) is 0 Å². The molecular weight excluding hydrogens is 458 g/mol. The molecule has 0 aliphatic carbocycles.